The smallest absolute Gasteiger partial charge is 0.274 e. The van der Waals surface area contributed by atoms with Crippen molar-refractivity contribution in [2.75, 3.05) is 5.32 Å². The highest BCUT2D eigenvalue weighted by molar-refractivity contribution is 9.10. The van der Waals surface area contributed by atoms with E-state index in [0.717, 1.165) is 4.47 Å². The van der Waals surface area contributed by atoms with E-state index in [-0.39, 0.29) is 5.56 Å². The van der Waals surface area contributed by atoms with Crippen LogP contribution in [0.5, 0.6) is 0 Å². The maximum atomic E-state index is 11.9. The molecule has 0 aliphatic carbocycles. The van der Waals surface area contributed by atoms with Crippen LogP contribution in [0.3, 0.4) is 0 Å². The van der Waals surface area contributed by atoms with Crippen molar-refractivity contribution >= 4 is 50.5 Å². The molecule has 0 saturated heterocycles. The molecule has 0 fully saturated rings. The Kier molecular flexibility index (Phi) is 4.00. The van der Waals surface area contributed by atoms with E-state index in [0.29, 0.717) is 21.4 Å². The number of nitrogens with one attached hydrogen (secondary N) is 1. The summed E-state index contributed by atoms with van der Waals surface area (Å²) in [6.07, 6.45) is 1.55. The topological polar surface area (TPSA) is 34.0 Å². The maximum absolute atomic E-state index is 11.9. The van der Waals surface area contributed by atoms with Crippen molar-refractivity contribution in [3.63, 3.8) is 0 Å². The predicted molar refractivity (Wildman–Crippen MR) is 79.1 cm³/mol. The molecule has 18 heavy (non-hydrogen) atoms. The summed E-state index contributed by atoms with van der Waals surface area (Å²) in [4.78, 5) is 11.9. The normalized spacial score (nSPS) is 10.4. The molecule has 1 aromatic heterocycles. The fraction of sp³-hybridized carbons (Fsp3) is 0.0833. The first-order chi connectivity index (χ1) is 8.49. The van der Waals surface area contributed by atoms with Gasteiger partial charge in [0.15, 0.2) is 0 Å². The highest BCUT2D eigenvalue weighted by Gasteiger charge is 2.09. The molecule has 0 radical (unpaired) electrons. The van der Waals surface area contributed by atoms with Crippen molar-refractivity contribution in [3.05, 3.63) is 55.3 Å². The predicted octanol–water partition coefficient (Wildman–Crippen LogP) is 4.20. The zero-order valence-corrected chi connectivity index (χ0v) is 12.5. The van der Waals surface area contributed by atoms with Crippen LogP contribution in [0.4, 0.5) is 11.4 Å². The highest BCUT2D eigenvalue weighted by Crippen LogP contribution is 2.32. The lowest BCUT2D eigenvalue weighted by atomic mass is 10.3. The van der Waals surface area contributed by atoms with Gasteiger partial charge in [0.05, 0.1) is 15.7 Å². The number of hydrogen-bond donors (Lipinski definition) is 1. The fourth-order valence-electron chi connectivity index (χ4n) is 1.51. The van der Waals surface area contributed by atoms with Crippen LogP contribution in [0.2, 0.25) is 10.0 Å². The molecule has 0 aliphatic rings. The van der Waals surface area contributed by atoms with Crippen molar-refractivity contribution in [2.45, 2.75) is 0 Å². The quantitative estimate of drug-likeness (QED) is 0.883. The van der Waals surface area contributed by atoms with E-state index in [1.54, 1.807) is 25.4 Å². The summed E-state index contributed by atoms with van der Waals surface area (Å²) in [6, 6.07) is 6.96. The van der Waals surface area contributed by atoms with Crippen LogP contribution in [0.1, 0.15) is 0 Å². The van der Waals surface area contributed by atoms with Crippen LogP contribution in [-0.2, 0) is 7.05 Å². The van der Waals surface area contributed by atoms with Crippen LogP contribution in [0.15, 0.2) is 39.7 Å². The van der Waals surface area contributed by atoms with Crippen molar-refractivity contribution < 1.29 is 0 Å². The number of rotatable bonds is 2. The van der Waals surface area contributed by atoms with Crippen molar-refractivity contribution in [1.82, 2.24) is 4.57 Å². The lowest BCUT2D eigenvalue weighted by Gasteiger charge is -2.11. The van der Waals surface area contributed by atoms with Crippen LogP contribution in [-0.4, -0.2) is 4.57 Å². The molecule has 1 aromatic carbocycles. The van der Waals surface area contributed by atoms with Gasteiger partial charge in [-0.25, -0.2) is 0 Å². The molecule has 3 nitrogen and oxygen atoms in total. The van der Waals surface area contributed by atoms with E-state index < -0.39 is 0 Å². The summed E-state index contributed by atoms with van der Waals surface area (Å²) < 4.78 is 2.19. The minimum Gasteiger partial charge on any atom is -0.349 e. The molecule has 0 aliphatic heterocycles. The number of anilines is 2. The van der Waals surface area contributed by atoms with Gasteiger partial charge in [0, 0.05) is 17.7 Å². The number of pyridine rings is 1. The van der Waals surface area contributed by atoms with Gasteiger partial charge >= 0.3 is 0 Å². The third kappa shape index (κ3) is 2.71. The third-order valence-corrected chi connectivity index (χ3v) is 3.55. The molecular weight excluding hydrogens is 339 g/mol. The van der Waals surface area contributed by atoms with E-state index in [4.69, 9.17) is 23.2 Å². The Morgan fingerprint density at radius 3 is 2.72 bits per heavy atom. The van der Waals surface area contributed by atoms with Gasteiger partial charge in [-0.2, -0.15) is 0 Å². The first-order valence-electron chi connectivity index (χ1n) is 5.06. The molecule has 0 saturated carbocycles. The molecule has 94 valence electrons. The molecule has 1 N–H and O–H groups in total. The SMILES string of the molecule is Cn1cc(Cl)cc(Nc2c(Cl)cccc2Br)c1=O. The largest absolute Gasteiger partial charge is 0.349 e. The van der Waals surface area contributed by atoms with Gasteiger partial charge < -0.3 is 9.88 Å². The van der Waals surface area contributed by atoms with Gasteiger partial charge in [-0.1, -0.05) is 29.3 Å². The summed E-state index contributed by atoms with van der Waals surface area (Å²) in [5.41, 5.74) is 0.837. The molecule has 0 amide bonds. The van der Waals surface area contributed by atoms with Gasteiger partial charge in [-0.3, -0.25) is 4.79 Å². The zero-order valence-electron chi connectivity index (χ0n) is 9.38. The van der Waals surface area contributed by atoms with Crippen molar-refractivity contribution in [1.29, 1.82) is 0 Å². The summed E-state index contributed by atoms with van der Waals surface area (Å²) in [7, 11) is 1.64. The molecule has 0 bridgehead atoms. The van der Waals surface area contributed by atoms with Crippen LogP contribution >= 0.6 is 39.1 Å². The maximum Gasteiger partial charge on any atom is 0.274 e. The molecule has 2 aromatic rings. The first kappa shape index (κ1) is 13.5. The molecule has 0 unspecified atom stereocenters. The summed E-state index contributed by atoms with van der Waals surface area (Å²) in [5, 5.41) is 3.99. The van der Waals surface area contributed by atoms with Gasteiger partial charge in [0.25, 0.3) is 5.56 Å². The molecule has 0 spiro atoms. The Morgan fingerprint density at radius 1 is 1.33 bits per heavy atom. The molecule has 0 atom stereocenters. The van der Waals surface area contributed by atoms with E-state index in [2.05, 4.69) is 21.2 Å². The monoisotopic (exact) mass is 346 g/mol. The van der Waals surface area contributed by atoms with Crippen LogP contribution in [0.25, 0.3) is 0 Å². The number of nitrogens with zero attached hydrogens (tertiary/aromatic N) is 1. The van der Waals surface area contributed by atoms with E-state index >= 15 is 0 Å². The van der Waals surface area contributed by atoms with Gasteiger partial charge in [0.1, 0.15) is 5.69 Å². The van der Waals surface area contributed by atoms with Gasteiger partial charge in [0.2, 0.25) is 0 Å². The highest BCUT2D eigenvalue weighted by atomic mass is 79.9. The average molecular weight is 348 g/mol. The number of halogens is 3. The second kappa shape index (κ2) is 5.34. The minimum absolute atomic E-state index is 0.175. The van der Waals surface area contributed by atoms with Gasteiger partial charge in [-0.15, -0.1) is 0 Å². The Morgan fingerprint density at radius 2 is 2.06 bits per heavy atom. The Balaban J connectivity index is 2.50. The lowest BCUT2D eigenvalue weighted by molar-refractivity contribution is 0.863. The fourth-order valence-corrected chi connectivity index (χ4v) is 2.57. The number of hydrogen-bond acceptors (Lipinski definition) is 2. The second-order valence-corrected chi connectivity index (χ2v) is 5.41. The first-order valence-corrected chi connectivity index (χ1v) is 6.61. The number of benzene rings is 1. The molecular formula is C12H9BrCl2N2O. The number of aryl methyl sites for hydroxylation is 1. The second-order valence-electron chi connectivity index (χ2n) is 3.71. The van der Waals surface area contributed by atoms with Gasteiger partial charge in [-0.05, 0) is 34.1 Å². The number of aromatic nitrogens is 1. The van der Waals surface area contributed by atoms with E-state index in [9.17, 15) is 4.79 Å². The molecule has 2 rings (SSSR count). The summed E-state index contributed by atoms with van der Waals surface area (Å²) >= 11 is 15.4. The zero-order chi connectivity index (χ0) is 13.3. The summed E-state index contributed by atoms with van der Waals surface area (Å²) in [5.74, 6) is 0. The standard InChI is InChI=1S/C12H9BrCl2N2O/c1-17-6-7(14)5-10(12(17)18)16-11-8(13)3-2-4-9(11)15/h2-6,16H,1H3. The average Bonchev–Trinajstić information content (AvgIpc) is 2.30. The Hall–Kier alpha value is -0.970. The third-order valence-electron chi connectivity index (χ3n) is 2.37. The van der Waals surface area contributed by atoms with Crippen molar-refractivity contribution in [2.24, 2.45) is 7.05 Å². The molecule has 6 heteroatoms. The minimum atomic E-state index is -0.175. The Bertz CT molecular complexity index is 635. The van der Waals surface area contributed by atoms with E-state index in [1.165, 1.54) is 4.57 Å². The molecule has 1 heterocycles. The lowest BCUT2D eigenvalue weighted by Crippen LogP contribution is -2.19. The summed E-state index contributed by atoms with van der Waals surface area (Å²) in [6.45, 7) is 0. The van der Waals surface area contributed by atoms with E-state index in [1.807, 2.05) is 12.1 Å². The van der Waals surface area contributed by atoms with Crippen LogP contribution < -0.4 is 10.9 Å². The van der Waals surface area contributed by atoms with Crippen LogP contribution in [0, 0.1) is 0 Å². The Labute approximate surface area is 122 Å². The number of para-hydroxylation sites is 1. The van der Waals surface area contributed by atoms with Crippen molar-refractivity contribution in [3.8, 4) is 0 Å².